The number of benzene rings is 1. The summed E-state index contributed by atoms with van der Waals surface area (Å²) in [6.45, 7) is 5.31. The van der Waals surface area contributed by atoms with Crippen molar-refractivity contribution in [2.24, 2.45) is 5.92 Å². The summed E-state index contributed by atoms with van der Waals surface area (Å²) >= 11 is 0. The predicted molar refractivity (Wildman–Crippen MR) is 94.5 cm³/mol. The van der Waals surface area contributed by atoms with Crippen LogP contribution in [0.15, 0.2) is 24.3 Å². The fourth-order valence-electron chi connectivity index (χ4n) is 4.13. The first-order valence-electron chi connectivity index (χ1n) is 9.35. The second-order valence-corrected chi connectivity index (χ2v) is 7.15. The number of hydrogen-bond acceptors (Lipinski definition) is 2. The van der Waals surface area contributed by atoms with Crippen LogP contribution < -0.4 is 5.32 Å². The maximum absolute atomic E-state index is 12.8. The molecule has 1 fully saturated rings. The number of hydrogen-bond donors (Lipinski definition) is 1. The van der Waals surface area contributed by atoms with Gasteiger partial charge in [-0.3, -0.25) is 4.79 Å². The van der Waals surface area contributed by atoms with Gasteiger partial charge in [0, 0.05) is 19.0 Å². The molecule has 0 aromatic heterocycles. The zero-order chi connectivity index (χ0) is 16.1. The van der Waals surface area contributed by atoms with Gasteiger partial charge in [-0.15, -0.1) is 0 Å². The average molecular weight is 314 g/mol. The summed E-state index contributed by atoms with van der Waals surface area (Å²) in [7, 11) is 0. The van der Waals surface area contributed by atoms with Crippen molar-refractivity contribution in [3.05, 3.63) is 35.4 Å². The second-order valence-electron chi connectivity index (χ2n) is 7.15. The van der Waals surface area contributed by atoms with Crippen molar-refractivity contribution in [3.63, 3.8) is 0 Å². The second kappa shape index (κ2) is 7.96. The lowest BCUT2D eigenvalue weighted by Gasteiger charge is -2.35. The first-order valence-corrected chi connectivity index (χ1v) is 9.35. The van der Waals surface area contributed by atoms with Gasteiger partial charge in [0.25, 0.3) is 0 Å². The van der Waals surface area contributed by atoms with Gasteiger partial charge in [-0.1, -0.05) is 31.2 Å². The number of nitrogens with zero attached hydrogens (tertiary/aromatic N) is 1. The van der Waals surface area contributed by atoms with E-state index in [0.717, 1.165) is 58.2 Å². The molecule has 0 bridgehead atoms. The van der Waals surface area contributed by atoms with Crippen molar-refractivity contribution in [3.8, 4) is 0 Å². The van der Waals surface area contributed by atoms with E-state index < -0.39 is 0 Å². The maximum atomic E-state index is 12.8. The fourth-order valence-corrected chi connectivity index (χ4v) is 4.13. The van der Waals surface area contributed by atoms with Gasteiger partial charge in [0.1, 0.15) is 0 Å². The van der Waals surface area contributed by atoms with E-state index in [9.17, 15) is 4.79 Å². The molecule has 2 aliphatic rings. The summed E-state index contributed by atoms with van der Waals surface area (Å²) in [6, 6.07) is 9.13. The Kier molecular flexibility index (Phi) is 5.71. The molecule has 1 N–H and O–H groups in total. The molecule has 0 saturated carbocycles. The van der Waals surface area contributed by atoms with Crippen molar-refractivity contribution in [1.82, 2.24) is 10.2 Å². The zero-order valence-corrected chi connectivity index (χ0v) is 14.4. The van der Waals surface area contributed by atoms with Gasteiger partial charge in [0.15, 0.2) is 0 Å². The van der Waals surface area contributed by atoms with E-state index >= 15 is 0 Å². The third-order valence-corrected chi connectivity index (χ3v) is 5.48. The summed E-state index contributed by atoms with van der Waals surface area (Å²) < 4.78 is 0. The Morgan fingerprint density at radius 1 is 1.26 bits per heavy atom. The quantitative estimate of drug-likeness (QED) is 0.875. The van der Waals surface area contributed by atoms with Crippen molar-refractivity contribution in [2.45, 2.75) is 57.9 Å². The molecule has 1 saturated heterocycles. The van der Waals surface area contributed by atoms with Gasteiger partial charge in [0.05, 0.1) is 0 Å². The monoisotopic (exact) mass is 314 g/mol. The highest BCUT2D eigenvalue weighted by molar-refractivity contribution is 5.76. The summed E-state index contributed by atoms with van der Waals surface area (Å²) in [6.07, 6.45) is 7.33. The number of carbonyl (C=O) groups excluding carboxylic acids is 1. The highest BCUT2D eigenvalue weighted by atomic mass is 16.2. The van der Waals surface area contributed by atoms with Crippen molar-refractivity contribution < 1.29 is 4.79 Å². The molecule has 1 aliphatic carbocycles. The lowest BCUT2D eigenvalue weighted by molar-refractivity contribution is -0.134. The number of carbonyl (C=O) groups is 1. The van der Waals surface area contributed by atoms with Crippen LogP contribution in [0.5, 0.6) is 0 Å². The van der Waals surface area contributed by atoms with E-state index in [2.05, 4.69) is 41.4 Å². The van der Waals surface area contributed by atoms with Gasteiger partial charge < -0.3 is 10.2 Å². The molecule has 126 valence electrons. The van der Waals surface area contributed by atoms with Gasteiger partial charge >= 0.3 is 0 Å². The van der Waals surface area contributed by atoms with Gasteiger partial charge in [-0.05, 0) is 68.7 Å². The molecule has 3 heteroatoms. The molecule has 3 rings (SSSR count). The molecule has 3 nitrogen and oxygen atoms in total. The van der Waals surface area contributed by atoms with E-state index in [1.165, 1.54) is 17.5 Å². The van der Waals surface area contributed by atoms with Crippen LogP contribution in [0.3, 0.4) is 0 Å². The molecule has 1 aromatic rings. The number of aryl methyl sites for hydroxylation is 1. The third-order valence-electron chi connectivity index (χ3n) is 5.48. The van der Waals surface area contributed by atoms with E-state index in [4.69, 9.17) is 0 Å². The Morgan fingerprint density at radius 3 is 2.83 bits per heavy atom. The van der Waals surface area contributed by atoms with E-state index in [1.807, 2.05) is 0 Å². The van der Waals surface area contributed by atoms with Crippen LogP contribution in [0.2, 0.25) is 0 Å². The van der Waals surface area contributed by atoms with Gasteiger partial charge in [-0.2, -0.15) is 0 Å². The molecule has 1 heterocycles. The zero-order valence-electron chi connectivity index (χ0n) is 14.4. The average Bonchev–Trinajstić information content (AvgIpc) is 3.10. The van der Waals surface area contributed by atoms with Crippen molar-refractivity contribution in [2.75, 3.05) is 19.6 Å². The first kappa shape index (κ1) is 16.5. The van der Waals surface area contributed by atoms with Crippen molar-refractivity contribution in [1.29, 1.82) is 0 Å². The third kappa shape index (κ3) is 4.14. The Bertz CT molecular complexity index is 522. The molecule has 0 spiro atoms. The highest BCUT2D eigenvalue weighted by Crippen LogP contribution is 2.26. The molecule has 1 amide bonds. The number of nitrogens with one attached hydrogen (secondary N) is 1. The molecule has 0 radical (unpaired) electrons. The minimum Gasteiger partial charge on any atom is -0.339 e. The topological polar surface area (TPSA) is 32.3 Å². The van der Waals surface area contributed by atoms with Crippen LogP contribution in [0.1, 0.15) is 50.2 Å². The van der Waals surface area contributed by atoms with E-state index in [1.54, 1.807) is 0 Å². The van der Waals surface area contributed by atoms with Crippen LogP contribution in [0, 0.1) is 5.92 Å². The molecule has 1 aliphatic heterocycles. The van der Waals surface area contributed by atoms with E-state index in [0.29, 0.717) is 17.9 Å². The molecule has 2 unspecified atom stereocenters. The summed E-state index contributed by atoms with van der Waals surface area (Å²) in [5.74, 6) is 1.08. The predicted octanol–water partition coefficient (Wildman–Crippen LogP) is 3.17. The normalized spacial score (nSPS) is 23.5. The molecule has 23 heavy (non-hydrogen) atoms. The summed E-state index contributed by atoms with van der Waals surface area (Å²) in [5, 5.41) is 3.40. The van der Waals surface area contributed by atoms with Crippen LogP contribution >= 0.6 is 0 Å². The van der Waals surface area contributed by atoms with Crippen LogP contribution in [-0.2, 0) is 17.6 Å². The van der Waals surface area contributed by atoms with Crippen LogP contribution in [0.25, 0.3) is 0 Å². The van der Waals surface area contributed by atoms with Gasteiger partial charge in [0.2, 0.25) is 5.91 Å². The molecule has 1 aromatic carbocycles. The van der Waals surface area contributed by atoms with Crippen molar-refractivity contribution >= 4 is 5.91 Å². The summed E-state index contributed by atoms with van der Waals surface area (Å²) in [5.41, 5.74) is 2.92. The number of amides is 1. The Morgan fingerprint density at radius 2 is 2.09 bits per heavy atom. The largest absolute Gasteiger partial charge is 0.339 e. The first-order chi connectivity index (χ1) is 11.3. The highest BCUT2D eigenvalue weighted by Gasteiger charge is 2.27. The summed E-state index contributed by atoms with van der Waals surface area (Å²) in [4.78, 5) is 15.0. The number of fused-ring (bicyclic) bond motifs is 1. The Balaban J connectivity index is 1.60. The maximum Gasteiger partial charge on any atom is 0.222 e. The number of rotatable bonds is 6. The minimum absolute atomic E-state index is 0.378. The smallest absolute Gasteiger partial charge is 0.222 e. The standard InChI is InChI=1S/C20H30N2O/c1-2-13-22(20(23)10-7-16-11-12-21-15-16)19-9-8-17-5-3-4-6-18(17)14-19/h3-6,16,19,21H,2,7-15H2,1H3. The van der Waals surface area contributed by atoms with Crippen LogP contribution in [0.4, 0.5) is 0 Å². The Hall–Kier alpha value is -1.35. The Labute approximate surface area is 140 Å². The minimum atomic E-state index is 0.378. The lowest BCUT2D eigenvalue weighted by atomic mass is 9.87. The molecule has 2 atom stereocenters. The molecular formula is C20H30N2O. The SMILES string of the molecule is CCCN(C(=O)CCC1CCNC1)C1CCc2ccccc2C1. The fraction of sp³-hybridized carbons (Fsp3) is 0.650. The molecular weight excluding hydrogens is 284 g/mol. The van der Waals surface area contributed by atoms with Crippen LogP contribution in [-0.4, -0.2) is 36.5 Å². The van der Waals surface area contributed by atoms with E-state index in [-0.39, 0.29) is 0 Å². The lowest BCUT2D eigenvalue weighted by Crippen LogP contribution is -2.44. The van der Waals surface area contributed by atoms with Gasteiger partial charge in [-0.25, -0.2) is 0 Å².